The second kappa shape index (κ2) is 19.4. The predicted octanol–water partition coefficient (Wildman–Crippen LogP) is 20.2. The van der Waals surface area contributed by atoms with E-state index >= 15 is 0 Å². The van der Waals surface area contributed by atoms with Crippen molar-refractivity contribution in [1.29, 1.82) is 0 Å². The van der Waals surface area contributed by atoms with E-state index in [0.29, 0.717) is 0 Å². The van der Waals surface area contributed by atoms with Crippen molar-refractivity contribution in [3.05, 3.63) is 325 Å². The van der Waals surface area contributed by atoms with Crippen molar-refractivity contribution in [3.8, 4) is 61.3 Å². The Hall–Kier alpha value is -9.76. The highest BCUT2D eigenvalue weighted by Gasteiger charge is 2.35. The molecular weight excluding hydrogens is 941 g/mol. The smallest absolute Gasteiger partial charge is 0.0541 e. The van der Waals surface area contributed by atoms with Gasteiger partial charge in [-0.15, -0.1) is 0 Å². The minimum Gasteiger partial charge on any atom is -0.310 e. The summed E-state index contributed by atoms with van der Waals surface area (Å²) < 4.78 is 2.53. The van der Waals surface area contributed by atoms with Gasteiger partial charge < -0.3 is 9.47 Å². The normalized spacial score (nSPS) is 15.7. The maximum atomic E-state index is 2.53. The summed E-state index contributed by atoms with van der Waals surface area (Å²) in [4.78, 5) is 2.43. The number of anilines is 2. The molecule has 12 aromatic rings. The van der Waals surface area contributed by atoms with E-state index in [1.165, 1.54) is 94.3 Å². The van der Waals surface area contributed by atoms with Crippen molar-refractivity contribution < 1.29 is 0 Å². The summed E-state index contributed by atoms with van der Waals surface area (Å²) in [6.45, 7) is 4.59. The fourth-order valence-electron chi connectivity index (χ4n) is 12.5. The number of rotatable bonds is 9. The van der Waals surface area contributed by atoms with Crippen LogP contribution in [0.4, 0.5) is 11.4 Å². The lowest BCUT2D eigenvalue weighted by Gasteiger charge is -2.29. The highest BCUT2D eigenvalue weighted by molar-refractivity contribution is 6.11. The van der Waals surface area contributed by atoms with Crippen LogP contribution in [0.25, 0.3) is 89.2 Å². The molecular formula is C76H56N2. The van der Waals surface area contributed by atoms with Crippen molar-refractivity contribution in [3.63, 3.8) is 0 Å². The van der Waals surface area contributed by atoms with Gasteiger partial charge in [-0.2, -0.15) is 0 Å². The van der Waals surface area contributed by atoms with Gasteiger partial charge in [-0.25, -0.2) is 0 Å². The number of allylic oxidation sites excluding steroid dienone is 4. The van der Waals surface area contributed by atoms with Crippen molar-refractivity contribution in [2.24, 2.45) is 0 Å². The molecule has 2 heteroatoms. The first kappa shape index (κ1) is 46.7. The van der Waals surface area contributed by atoms with Crippen molar-refractivity contribution in [1.82, 2.24) is 4.57 Å². The number of fused-ring (bicyclic) bond motifs is 7. The molecule has 1 atom stereocenters. The third-order valence-electron chi connectivity index (χ3n) is 16.2. The minimum absolute atomic E-state index is 0.0397. The third-order valence-corrected chi connectivity index (χ3v) is 16.2. The Morgan fingerprint density at radius 3 is 1.82 bits per heavy atom. The largest absolute Gasteiger partial charge is 0.310 e. The van der Waals surface area contributed by atoms with Gasteiger partial charge in [0.15, 0.2) is 0 Å². The summed E-state index contributed by atoms with van der Waals surface area (Å²) in [6.07, 6.45) is 11.4. The Bertz CT molecular complexity index is 4360. The van der Waals surface area contributed by atoms with Gasteiger partial charge in [-0.3, -0.25) is 0 Å². The van der Waals surface area contributed by atoms with Crippen LogP contribution >= 0.6 is 0 Å². The molecule has 0 saturated carbocycles. The number of hydrogen-bond acceptors (Lipinski definition) is 1. The van der Waals surface area contributed by atoms with Crippen LogP contribution in [0, 0.1) is 0 Å². The molecule has 0 amide bonds. The molecule has 2 nitrogen and oxygen atoms in total. The molecule has 0 N–H and O–H groups in total. The van der Waals surface area contributed by atoms with Gasteiger partial charge in [-0.05, 0) is 139 Å². The van der Waals surface area contributed by atoms with Gasteiger partial charge >= 0.3 is 0 Å². The fourth-order valence-corrected chi connectivity index (χ4v) is 12.5. The molecule has 11 aromatic carbocycles. The average molecular weight is 997 g/mol. The first-order valence-electron chi connectivity index (χ1n) is 27.2. The highest BCUT2D eigenvalue weighted by Crippen LogP contribution is 2.53. The molecule has 0 saturated heterocycles. The molecule has 2 aliphatic rings. The topological polar surface area (TPSA) is 8.17 Å². The summed E-state index contributed by atoms with van der Waals surface area (Å²) in [5.41, 5.74) is 25.2. The maximum Gasteiger partial charge on any atom is 0.0541 e. The van der Waals surface area contributed by atoms with E-state index in [9.17, 15) is 0 Å². The quantitative estimate of drug-likeness (QED) is 0.140. The minimum atomic E-state index is -0.159. The lowest BCUT2D eigenvalue weighted by molar-refractivity contribution is 0.668. The highest BCUT2D eigenvalue weighted by atomic mass is 15.1. The summed E-state index contributed by atoms with van der Waals surface area (Å²) in [7, 11) is 0. The fraction of sp³-hybridized carbons (Fsp3) is 0.0526. The molecule has 0 fully saturated rings. The molecule has 0 spiro atoms. The summed E-state index contributed by atoms with van der Waals surface area (Å²) in [5.74, 6) is 0.0397. The van der Waals surface area contributed by atoms with E-state index < -0.39 is 0 Å². The number of benzene rings is 11. The summed E-state index contributed by atoms with van der Waals surface area (Å²) in [6, 6.07) is 98.2. The lowest BCUT2D eigenvalue weighted by atomic mass is 9.81. The van der Waals surface area contributed by atoms with Crippen molar-refractivity contribution in [2.75, 3.05) is 4.90 Å². The second-order valence-corrected chi connectivity index (χ2v) is 21.2. The van der Waals surface area contributed by atoms with Gasteiger partial charge in [-0.1, -0.05) is 250 Å². The second-order valence-electron chi connectivity index (χ2n) is 21.2. The summed E-state index contributed by atoms with van der Waals surface area (Å²) in [5, 5.41) is 2.46. The van der Waals surface area contributed by atoms with Crippen LogP contribution in [-0.2, 0) is 5.41 Å². The number of nitrogens with zero attached hydrogens (tertiary/aromatic N) is 2. The van der Waals surface area contributed by atoms with Gasteiger partial charge in [0, 0.05) is 39.1 Å². The Balaban J connectivity index is 0.900. The van der Waals surface area contributed by atoms with Crippen LogP contribution in [0.15, 0.2) is 297 Å². The van der Waals surface area contributed by atoms with Crippen LogP contribution in [0.3, 0.4) is 0 Å². The molecule has 0 bridgehead atoms. The molecule has 1 unspecified atom stereocenters. The van der Waals surface area contributed by atoms with Crippen LogP contribution < -0.4 is 4.90 Å². The molecule has 0 aliphatic heterocycles. The van der Waals surface area contributed by atoms with Crippen molar-refractivity contribution in [2.45, 2.75) is 25.2 Å². The molecule has 14 rings (SSSR count). The lowest BCUT2D eigenvalue weighted by Crippen LogP contribution is -2.16. The van der Waals surface area contributed by atoms with E-state index in [4.69, 9.17) is 0 Å². The molecule has 370 valence electrons. The molecule has 78 heavy (non-hydrogen) atoms. The number of para-hydroxylation sites is 2. The average Bonchev–Trinajstić information content (AvgIpc) is 4.22. The van der Waals surface area contributed by atoms with Gasteiger partial charge in [0.2, 0.25) is 0 Å². The Labute approximate surface area is 457 Å². The van der Waals surface area contributed by atoms with E-state index in [2.05, 4.69) is 321 Å². The van der Waals surface area contributed by atoms with Crippen LogP contribution in [0.1, 0.15) is 47.6 Å². The zero-order valence-corrected chi connectivity index (χ0v) is 43.8. The van der Waals surface area contributed by atoms with Crippen LogP contribution in [-0.4, -0.2) is 4.57 Å². The standard InChI is InChI=1S/C76H56N2/c1-76(2)48-22-32-59(46-44-54-27-9-16-40-69(54)76)77(60-31-20-29-56(50-60)52-23-5-3-6-24-52)70-41-17-14-34-62(70)58-30-19-28-55(49-58)57-45-47-72-68(51-57)64-36-15-18-42-71(64)78(72)73-43-21-39-67-63-35-11-13-38-66(63)74(75(67)73)65-37-12-10-33-61(65)53-25-7-4-8-26-53/h3-51,74H,1-2H3/b46-44+,48-22+,59-32+. The van der Waals surface area contributed by atoms with E-state index in [-0.39, 0.29) is 11.3 Å². The Morgan fingerprint density at radius 2 is 0.987 bits per heavy atom. The SMILES string of the molecule is CC1(C)/C=C/C=C(N(c2cccc(-c3ccccc3)c2)c2ccccc2-c2cccc(-c3ccc4c(c3)c3ccccc3n4-c3cccc4c3C(c3ccccc3-c3ccccc3)c3ccccc3-4)c2)\C=C\c2ccccc21. The van der Waals surface area contributed by atoms with Crippen molar-refractivity contribution >= 4 is 39.3 Å². The van der Waals surface area contributed by atoms with E-state index in [0.717, 1.165) is 33.8 Å². The molecule has 0 radical (unpaired) electrons. The Kier molecular flexibility index (Phi) is 11.6. The molecule has 1 aromatic heterocycles. The molecule has 1 heterocycles. The first-order chi connectivity index (χ1) is 38.5. The molecule has 2 aliphatic carbocycles. The maximum absolute atomic E-state index is 2.53. The Morgan fingerprint density at radius 1 is 0.397 bits per heavy atom. The van der Waals surface area contributed by atoms with Gasteiger partial charge in [0.05, 0.1) is 22.4 Å². The van der Waals surface area contributed by atoms with E-state index in [1.807, 2.05) is 0 Å². The number of aromatic nitrogens is 1. The van der Waals surface area contributed by atoms with E-state index in [1.54, 1.807) is 0 Å². The van der Waals surface area contributed by atoms with Gasteiger partial charge in [0.1, 0.15) is 0 Å². The third kappa shape index (κ3) is 8.13. The zero-order chi connectivity index (χ0) is 52.2. The van der Waals surface area contributed by atoms with Crippen LogP contribution in [0.5, 0.6) is 0 Å². The number of hydrogen-bond donors (Lipinski definition) is 0. The monoisotopic (exact) mass is 996 g/mol. The van der Waals surface area contributed by atoms with Gasteiger partial charge in [0.25, 0.3) is 0 Å². The summed E-state index contributed by atoms with van der Waals surface area (Å²) >= 11 is 0. The first-order valence-corrected chi connectivity index (χ1v) is 27.2. The zero-order valence-electron chi connectivity index (χ0n) is 43.8. The predicted molar refractivity (Wildman–Crippen MR) is 330 cm³/mol. The van der Waals surface area contributed by atoms with Crippen LogP contribution in [0.2, 0.25) is 0 Å².